The molecule has 0 aromatic carbocycles. The highest BCUT2D eigenvalue weighted by Crippen LogP contribution is 2.41. The van der Waals surface area contributed by atoms with Crippen molar-refractivity contribution in [1.29, 1.82) is 0 Å². The quantitative estimate of drug-likeness (QED) is 0.502. The first kappa shape index (κ1) is 12.0. The van der Waals surface area contributed by atoms with Crippen LogP contribution in [0.2, 0.25) is 0 Å². The van der Waals surface area contributed by atoms with Gasteiger partial charge in [-0.15, -0.1) is 0 Å². The second kappa shape index (κ2) is 4.89. The van der Waals surface area contributed by atoms with E-state index in [-0.39, 0.29) is 0 Å². The molecule has 12 heavy (non-hydrogen) atoms. The number of hydrogen-bond acceptors (Lipinski definition) is 0. The van der Waals surface area contributed by atoms with Gasteiger partial charge in [0.05, 0.1) is 0 Å². The van der Waals surface area contributed by atoms with Gasteiger partial charge in [0.2, 0.25) is 0 Å². The Balaban J connectivity index is 0.000000561. The summed E-state index contributed by atoms with van der Waals surface area (Å²) in [6.45, 7) is 13.6. The summed E-state index contributed by atoms with van der Waals surface area (Å²) >= 11 is 0. The van der Waals surface area contributed by atoms with E-state index < -0.39 is 0 Å². The first-order chi connectivity index (χ1) is 5.49. The summed E-state index contributed by atoms with van der Waals surface area (Å²) in [5.74, 6) is 1.91. The monoisotopic (exact) mass is 170 g/mol. The Morgan fingerprint density at radius 1 is 0.917 bits per heavy atom. The van der Waals surface area contributed by atoms with Crippen molar-refractivity contribution in [1.82, 2.24) is 0 Å². The van der Waals surface area contributed by atoms with Gasteiger partial charge in [0.1, 0.15) is 0 Å². The van der Waals surface area contributed by atoms with Crippen molar-refractivity contribution in [3.8, 4) is 0 Å². The standard InChI is InChI=1S/C10H20.C2H6/c1-8-5-9(2)7-10(3,4)6-8;1-2/h8-9H,5-7H2,1-4H3;1-2H3/t8-,9+;. The minimum absolute atomic E-state index is 0.622. The van der Waals surface area contributed by atoms with Gasteiger partial charge in [-0.05, 0) is 36.5 Å². The Hall–Kier alpha value is 0. The summed E-state index contributed by atoms with van der Waals surface area (Å²) in [7, 11) is 0. The lowest BCUT2D eigenvalue weighted by atomic mass is 9.69. The van der Waals surface area contributed by atoms with Crippen molar-refractivity contribution >= 4 is 0 Å². The molecule has 0 aromatic heterocycles. The molecule has 2 atom stereocenters. The molecule has 0 saturated heterocycles. The molecular formula is C12H26. The molecule has 74 valence electrons. The summed E-state index contributed by atoms with van der Waals surface area (Å²) in [5, 5.41) is 0. The zero-order valence-electron chi connectivity index (χ0n) is 9.78. The maximum atomic E-state index is 2.40. The SMILES string of the molecule is CC.C[C@@H]1C[C@H](C)CC(C)(C)C1. The smallest absolute Gasteiger partial charge is 0.0349 e. The highest BCUT2D eigenvalue weighted by Gasteiger charge is 2.29. The Morgan fingerprint density at radius 2 is 1.25 bits per heavy atom. The van der Waals surface area contributed by atoms with Crippen LogP contribution in [0.4, 0.5) is 0 Å². The van der Waals surface area contributed by atoms with E-state index in [4.69, 9.17) is 0 Å². The summed E-state index contributed by atoms with van der Waals surface area (Å²) in [6.07, 6.45) is 4.30. The van der Waals surface area contributed by atoms with E-state index in [1.54, 1.807) is 0 Å². The summed E-state index contributed by atoms with van der Waals surface area (Å²) in [4.78, 5) is 0. The predicted molar refractivity (Wildman–Crippen MR) is 57.3 cm³/mol. The van der Waals surface area contributed by atoms with Crippen molar-refractivity contribution in [3.63, 3.8) is 0 Å². The summed E-state index contributed by atoms with van der Waals surface area (Å²) in [6, 6.07) is 0. The molecule has 0 heteroatoms. The van der Waals surface area contributed by atoms with E-state index in [2.05, 4.69) is 27.7 Å². The molecule has 0 amide bonds. The second-order valence-corrected chi connectivity index (χ2v) is 5.02. The Labute approximate surface area is 78.8 Å². The van der Waals surface area contributed by atoms with Crippen LogP contribution in [0.25, 0.3) is 0 Å². The molecular weight excluding hydrogens is 144 g/mol. The van der Waals surface area contributed by atoms with Crippen molar-refractivity contribution < 1.29 is 0 Å². The van der Waals surface area contributed by atoms with E-state index >= 15 is 0 Å². The molecule has 0 aliphatic heterocycles. The maximum absolute atomic E-state index is 2.40. The molecule has 0 nitrogen and oxygen atoms in total. The van der Waals surface area contributed by atoms with Crippen LogP contribution in [0.5, 0.6) is 0 Å². The van der Waals surface area contributed by atoms with Gasteiger partial charge >= 0.3 is 0 Å². The summed E-state index contributed by atoms with van der Waals surface area (Å²) in [5.41, 5.74) is 0.622. The topological polar surface area (TPSA) is 0 Å². The minimum atomic E-state index is 0.622. The van der Waals surface area contributed by atoms with Crippen LogP contribution in [0.1, 0.15) is 60.8 Å². The van der Waals surface area contributed by atoms with Crippen molar-refractivity contribution in [2.45, 2.75) is 60.8 Å². The van der Waals surface area contributed by atoms with Gasteiger partial charge in [-0.1, -0.05) is 41.5 Å². The lowest BCUT2D eigenvalue weighted by Gasteiger charge is -2.37. The summed E-state index contributed by atoms with van der Waals surface area (Å²) < 4.78 is 0. The normalized spacial score (nSPS) is 33.5. The third kappa shape index (κ3) is 4.13. The second-order valence-electron chi connectivity index (χ2n) is 5.02. The molecule has 1 saturated carbocycles. The average Bonchev–Trinajstić information content (AvgIpc) is 1.85. The van der Waals surface area contributed by atoms with Crippen LogP contribution in [-0.4, -0.2) is 0 Å². The van der Waals surface area contributed by atoms with Crippen LogP contribution in [-0.2, 0) is 0 Å². The molecule has 0 heterocycles. The van der Waals surface area contributed by atoms with E-state index in [0.717, 1.165) is 11.8 Å². The van der Waals surface area contributed by atoms with Crippen molar-refractivity contribution in [2.24, 2.45) is 17.3 Å². The van der Waals surface area contributed by atoms with Gasteiger partial charge in [-0.2, -0.15) is 0 Å². The van der Waals surface area contributed by atoms with E-state index in [9.17, 15) is 0 Å². The van der Waals surface area contributed by atoms with Crippen LogP contribution in [0.3, 0.4) is 0 Å². The van der Waals surface area contributed by atoms with E-state index in [1.807, 2.05) is 13.8 Å². The predicted octanol–water partition coefficient (Wildman–Crippen LogP) is 4.49. The Morgan fingerprint density at radius 3 is 1.50 bits per heavy atom. The van der Waals surface area contributed by atoms with Crippen molar-refractivity contribution in [2.75, 3.05) is 0 Å². The first-order valence-corrected chi connectivity index (χ1v) is 5.49. The van der Waals surface area contributed by atoms with Gasteiger partial charge in [0.25, 0.3) is 0 Å². The van der Waals surface area contributed by atoms with Crippen LogP contribution in [0, 0.1) is 17.3 Å². The highest BCUT2D eigenvalue weighted by atomic mass is 14.3. The highest BCUT2D eigenvalue weighted by molar-refractivity contribution is 4.80. The molecule has 0 spiro atoms. The van der Waals surface area contributed by atoms with E-state index in [0.29, 0.717) is 5.41 Å². The molecule has 1 fully saturated rings. The third-order valence-corrected chi connectivity index (χ3v) is 2.61. The van der Waals surface area contributed by atoms with Gasteiger partial charge in [0, 0.05) is 0 Å². The molecule has 0 unspecified atom stereocenters. The Kier molecular flexibility index (Phi) is 4.89. The number of hydrogen-bond donors (Lipinski definition) is 0. The molecule has 0 bridgehead atoms. The third-order valence-electron chi connectivity index (χ3n) is 2.61. The fourth-order valence-corrected chi connectivity index (χ4v) is 2.82. The van der Waals surface area contributed by atoms with Crippen LogP contribution >= 0.6 is 0 Å². The fraction of sp³-hybridized carbons (Fsp3) is 1.00. The Bertz CT molecular complexity index is 101. The molecule has 0 N–H and O–H groups in total. The molecule has 1 rings (SSSR count). The molecule has 1 aliphatic rings. The largest absolute Gasteiger partial charge is 0.0683 e. The lowest BCUT2D eigenvalue weighted by Crippen LogP contribution is -2.25. The minimum Gasteiger partial charge on any atom is -0.0683 e. The van der Waals surface area contributed by atoms with Gasteiger partial charge in [-0.25, -0.2) is 0 Å². The number of rotatable bonds is 0. The van der Waals surface area contributed by atoms with Crippen LogP contribution < -0.4 is 0 Å². The average molecular weight is 170 g/mol. The molecule has 0 aromatic rings. The zero-order chi connectivity index (χ0) is 9.78. The van der Waals surface area contributed by atoms with Gasteiger partial charge < -0.3 is 0 Å². The van der Waals surface area contributed by atoms with Crippen LogP contribution in [0.15, 0.2) is 0 Å². The van der Waals surface area contributed by atoms with E-state index in [1.165, 1.54) is 19.3 Å². The maximum Gasteiger partial charge on any atom is -0.0349 e. The molecule has 1 aliphatic carbocycles. The van der Waals surface area contributed by atoms with Crippen molar-refractivity contribution in [3.05, 3.63) is 0 Å². The van der Waals surface area contributed by atoms with Gasteiger partial charge in [-0.3, -0.25) is 0 Å². The first-order valence-electron chi connectivity index (χ1n) is 5.49. The fourth-order valence-electron chi connectivity index (χ4n) is 2.82. The lowest BCUT2D eigenvalue weighted by molar-refractivity contribution is 0.143. The van der Waals surface area contributed by atoms with Gasteiger partial charge in [0.15, 0.2) is 0 Å². The molecule has 0 radical (unpaired) electrons. The zero-order valence-corrected chi connectivity index (χ0v) is 9.78.